The molecule has 0 spiro atoms. The van der Waals surface area contributed by atoms with Crippen molar-refractivity contribution in [3.8, 4) is 73.5 Å². The van der Waals surface area contributed by atoms with Crippen LogP contribution in [0.4, 0.5) is 0 Å². The molecule has 15 aromatic rings. The van der Waals surface area contributed by atoms with Crippen LogP contribution in [0.2, 0.25) is 0 Å². The number of rotatable bonds is 8. The lowest BCUT2D eigenvalue weighted by molar-refractivity contribution is 1.06. The first-order valence-corrected chi connectivity index (χ1v) is 25.5. The van der Waals surface area contributed by atoms with Gasteiger partial charge < -0.3 is 13.7 Å². The van der Waals surface area contributed by atoms with Crippen LogP contribution < -0.4 is 0 Å². The van der Waals surface area contributed by atoms with Crippen LogP contribution in [0.15, 0.2) is 267 Å². The van der Waals surface area contributed by atoms with Crippen molar-refractivity contribution >= 4 is 65.4 Å². The molecule has 4 heterocycles. The van der Waals surface area contributed by atoms with Crippen molar-refractivity contribution in [1.82, 2.24) is 28.7 Å². The van der Waals surface area contributed by atoms with E-state index in [4.69, 9.17) is 15.0 Å². The molecule has 4 aromatic heterocycles. The maximum Gasteiger partial charge on any atom is 0.166 e. The molecule has 0 aliphatic heterocycles. The summed E-state index contributed by atoms with van der Waals surface area (Å²) in [7, 11) is 0. The monoisotopic (exact) mass is 956 g/mol. The Morgan fingerprint density at radius 2 is 0.600 bits per heavy atom. The first kappa shape index (κ1) is 42.5. The minimum Gasteiger partial charge on any atom is -0.309 e. The van der Waals surface area contributed by atoms with Crippen LogP contribution in [0, 0.1) is 0 Å². The van der Waals surface area contributed by atoms with E-state index in [1.807, 2.05) is 18.2 Å². The molecule has 0 fully saturated rings. The van der Waals surface area contributed by atoms with Gasteiger partial charge in [-0.25, -0.2) is 15.0 Å². The van der Waals surface area contributed by atoms with E-state index in [1.165, 1.54) is 21.5 Å². The Labute approximate surface area is 432 Å². The van der Waals surface area contributed by atoms with E-state index in [9.17, 15) is 0 Å². The Bertz CT molecular complexity index is 4590. The summed E-state index contributed by atoms with van der Waals surface area (Å²) in [6.07, 6.45) is 0. The van der Waals surface area contributed by atoms with Gasteiger partial charge in [-0.05, 0) is 71.3 Å². The molecule has 0 atom stereocenters. The van der Waals surface area contributed by atoms with E-state index < -0.39 is 0 Å². The van der Waals surface area contributed by atoms with Gasteiger partial charge in [0, 0.05) is 49.0 Å². The van der Waals surface area contributed by atoms with Gasteiger partial charge in [0.25, 0.3) is 0 Å². The Hall–Kier alpha value is -10.2. The van der Waals surface area contributed by atoms with Gasteiger partial charge in [-0.15, -0.1) is 0 Å². The third-order valence-electron chi connectivity index (χ3n) is 14.9. The smallest absolute Gasteiger partial charge is 0.166 e. The van der Waals surface area contributed by atoms with E-state index >= 15 is 0 Å². The van der Waals surface area contributed by atoms with Crippen molar-refractivity contribution in [3.05, 3.63) is 267 Å². The summed E-state index contributed by atoms with van der Waals surface area (Å²) in [4.78, 5) is 16.8. The van der Waals surface area contributed by atoms with E-state index in [0.717, 1.165) is 99.9 Å². The summed E-state index contributed by atoms with van der Waals surface area (Å²) in [5.41, 5.74) is 16.7. The predicted molar refractivity (Wildman–Crippen MR) is 310 cm³/mol. The fourth-order valence-corrected chi connectivity index (χ4v) is 11.8. The van der Waals surface area contributed by atoms with Gasteiger partial charge in [0.15, 0.2) is 17.5 Å². The average molecular weight is 957 g/mol. The van der Waals surface area contributed by atoms with Crippen molar-refractivity contribution in [1.29, 1.82) is 0 Å². The molecule has 15 rings (SSSR count). The molecule has 6 heteroatoms. The quantitative estimate of drug-likeness (QED) is 0.152. The SMILES string of the molecule is c1ccc(-c2nc(-c3cccc(-c4ccccc4)c3-n3c4ccccc4c4ccccc43)nc(-c3c(-c4ccccc4)cccc3-n3c4ccccc4c4c(-n5c6ccccc6c6ccccc65)cccc43)n2)cc1. The fraction of sp³-hybridized carbons (Fsp3) is 0. The number of fused-ring (bicyclic) bond motifs is 9. The van der Waals surface area contributed by atoms with Crippen LogP contribution in [0.1, 0.15) is 0 Å². The van der Waals surface area contributed by atoms with E-state index in [0.29, 0.717) is 17.5 Å². The second-order valence-corrected chi connectivity index (χ2v) is 19.1. The first-order valence-electron chi connectivity index (χ1n) is 25.5. The second-order valence-electron chi connectivity index (χ2n) is 19.1. The van der Waals surface area contributed by atoms with Crippen molar-refractivity contribution in [2.24, 2.45) is 0 Å². The van der Waals surface area contributed by atoms with Gasteiger partial charge in [0.05, 0.1) is 55.7 Å². The molecule has 75 heavy (non-hydrogen) atoms. The molecule has 0 N–H and O–H groups in total. The van der Waals surface area contributed by atoms with Crippen LogP contribution in [0.3, 0.4) is 0 Å². The summed E-state index contributed by atoms with van der Waals surface area (Å²) < 4.78 is 7.27. The molecule has 0 radical (unpaired) electrons. The summed E-state index contributed by atoms with van der Waals surface area (Å²) in [5, 5.41) is 7.11. The summed E-state index contributed by atoms with van der Waals surface area (Å²) in [6.45, 7) is 0. The zero-order valence-corrected chi connectivity index (χ0v) is 40.6. The highest BCUT2D eigenvalue weighted by Crippen LogP contribution is 2.46. The Morgan fingerprint density at radius 1 is 0.227 bits per heavy atom. The third-order valence-corrected chi connectivity index (χ3v) is 14.9. The van der Waals surface area contributed by atoms with Crippen molar-refractivity contribution in [3.63, 3.8) is 0 Å². The molecule has 0 amide bonds. The molecule has 350 valence electrons. The first-order chi connectivity index (χ1) is 37.3. The largest absolute Gasteiger partial charge is 0.309 e. The number of para-hydroxylation sites is 6. The fourth-order valence-electron chi connectivity index (χ4n) is 11.8. The van der Waals surface area contributed by atoms with Gasteiger partial charge in [0.1, 0.15) is 0 Å². The molecular weight excluding hydrogens is 913 g/mol. The summed E-state index contributed by atoms with van der Waals surface area (Å²) in [5.74, 6) is 1.72. The van der Waals surface area contributed by atoms with Crippen molar-refractivity contribution < 1.29 is 0 Å². The van der Waals surface area contributed by atoms with Gasteiger partial charge in [0.2, 0.25) is 0 Å². The number of benzene rings is 11. The summed E-state index contributed by atoms with van der Waals surface area (Å²) >= 11 is 0. The Morgan fingerprint density at radius 3 is 1.19 bits per heavy atom. The number of hydrogen-bond donors (Lipinski definition) is 0. The molecule has 0 saturated heterocycles. The maximum absolute atomic E-state index is 5.76. The van der Waals surface area contributed by atoms with Crippen LogP contribution >= 0.6 is 0 Å². The molecule has 11 aromatic carbocycles. The predicted octanol–water partition coefficient (Wildman–Crippen LogP) is 17.5. The highest BCUT2D eigenvalue weighted by molar-refractivity contribution is 6.17. The minimum absolute atomic E-state index is 0.566. The van der Waals surface area contributed by atoms with Crippen LogP contribution in [0.25, 0.3) is 139 Å². The average Bonchev–Trinajstić information content (AvgIpc) is 4.13. The maximum atomic E-state index is 5.76. The highest BCUT2D eigenvalue weighted by Gasteiger charge is 2.27. The van der Waals surface area contributed by atoms with Gasteiger partial charge in [-0.3, -0.25) is 0 Å². The van der Waals surface area contributed by atoms with Gasteiger partial charge in [-0.2, -0.15) is 0 Å². The van der Waals surface area contributed by atoms with Crippen molar-refractivity contribution in [2.75, 3.05) is 0 Å². The molecule has 0 bridgehead atoms. The molecule has 0 aliphatic carbocycles. The molecule has 0 saturated carbocycles. The van der Waals surface area contributed by atoms with E-state index in [2.05, 4.69) is 262 Å². The standard InChI is InChI=1S/C69H44N6/c1-4-23-45(24-5-1)48-34-21-42-63(74-60-41-19-14-33-54(60)64-61(43-22-44-62(64)74)73-56-37-15-10-29-50(56)51-30-11-16-38-57(51)73)65(48)69-71-67(47-27-8-3-9-28-47)70-68(72-69)55-36-20-35-49(46-25-6-2-7-26-46)66(55)75-58-39-17-12-31-52(58)53-32-13-18-40-59(53)75/h1-44H. The highest BCUT2D eigenvalue weighted by atomic mass is 15.1. The lowest BCUT2D eigenvalue weighted by Gasteiger charge is -2.20. The normalized spacial score (nSPS) is 11.7. The topological polar surface area (TPSA) is 53.5 Å². The van der Waals surface area contributed by atoms with Gasteiger partial charge in [-0.1, -0.05) is 212 Å². The van der Waals surface area contributed by atoms with E-state index in [-0.39, 0.29) is 0 Å². The molecular formula is C69H44N6. The Balaban J connectivity index is 1.06. The van der Waals surface area contributed by atoms with Crippen molar-refractivity contribution in [2.45, 2.75) is 0 Å². The van der Waals surface area contributed by atoms with Crippen LogP contribution in [-0.4, -0.2) is 28.7 Å². The lowest BCUT2D eigenvalue weighted by Crippen LogP contribution is -2.07. The third kappa shape index (κ3) is 6.70. The lowest BCUT2D eigenvalue weighted by atomic mass is 9.96. The number of aromatic nitrogens is 6. The summed E-state index contributed by atoms with van der Waals surface area (Å²) in [6, 6.07) is 95.1. The molecule has 0 aliphatic rings. The van der Waals surface area contributed by atoms with Crippen LogP contribution in [-0.2, 0) is 0 Å². The minimum atomic E-state index is 0.566. The number of hydrogen-bond acceptors (Lipinski definition) is 3. The van der Waals surface area contributed by atoms with E-state index in [1.54, 1.807) is 0 Å². The van der Waals surface area contributed by atoms with Crippen LogP contribution in [0.5, 0.6) is 0 Å². The zero-order chi connectivity index (χ0) is 49.4. The molecule has 6 nitrogen and oxygen atoms in total. The number of nitrogens with zero attached hydrogens (tertiary/aromatic N) is 6. The Kier molecular flexibility index (Phi) is 9.78. The second kappa shape index (κ2) is 17.3. The molecule has 0 unspecified atom stereocenters. The van der Waals surface area contributed by atoms with Gasteiger partial charge >= 0.3 is 0 Å². The zero-order valence-electron chi connectivity index (χ0n) is 40.6.